The van der Waals surface area contributed by atoms with Crippen LogP contribution in [0.15, 0.2) is 83.9 Å². The SMILES string of the molecule is [C-]#[N+]c1cnc(C)nc1N[C@@H](C)c1cc2cccc(-c3ccc(C)nc3)c2c(=O)n1-c1ccccc1. The van der Waals surface area contributed by atoms with Crippen LogP contribution in [0, 0.1) is 20.4 Å². The molecule has 1 N–H and O–H groups in total. The summed E-state index contributed by atoms with van der Waals surface area (Å²) in [5.74, 6) is 1.00. The van der Waals surface area contributed by atoms with Gasteiger partial charge in [0.1, 0.15) is 11.6 Å². The minimum atomic E-state index is -0.332. The van der Waals surface area contributed by atoms with Crippen molar-refractivity contribution < 1.29 is 0 Å². The molecule has 176 valence electrons. The Balaban J connectivity index is 1.74. The molecule has 0 saturated heterocycles. The third kappa shape index (κ3) is 4.21. The molecule has 7 heteroatoms. The van der Waals surface area contributed by atoms with Crippen molar-refractivity contribution in [1.29, 1.82) is 0 Å². The molecule has 0 fully saturated rings. The van der Waals surface area contributed by atoms with E-state index in [2.05, 4.69) is 25.1 Å². The Morgan fingerprint density at radius 2 is 1.78 bits per heavy atom. The molecule has 0 radical (unpaired) electrons. The highest BCUT2D eigenvalue weighted by atomic mass is 16.1. The first-order chi connectivity index (χ1) is 17.5. The van der Waals surface area contributed by atoms with Gasteiger partial charge in [0, 0.05) is 35.0 Å². The summed E-state index contributed by atoms with van der Waals surface area (Å²) in [4.78, 5) is 30.7. The Morgan fingerprint density at radius 1 is 0.972 bits per heavy atom. The van der Waals surface area contributed by atoms with E-state index >= 15 is 0 Å². The average Bonchev–Trinajstić information content (AvgIpc) is 2.89. The molecule has 0 amide bonds. The Bertz CT molecular complexity index is 1670. The number of benzene rings is 2. The number of pyridine rings is 2. The Kier molecular flexibility index (Phi) is 6.01. The summed E-state index contributed by atoms with van der Waals surface area (Å²) >= 11 is 0. The molecule has 0 bridgehead atoms. The lowest BCUT2D eigenvalue weighted by Gasteiger charge is -2.22. The van der Waals surface area contributed by atoms with Gasteiger partial charge in [-0.15, -0.1) is 0 Å². The standard InChI is InChI=1S/C29H24N6O/c1-18-13-14-22(16-31-18)24-12-8-9-21-15-26(19(2)33-28-25(30-4)17-32-20(3)34-28)35(29(36)27(21)24)23-10-6-5-7-11-23/h5-17,19H,1-3H3,(H,32,33,34)/t19-/m0/s1. The minimum Gasteiger partial charge on any atom is -0.371 e. The van der Waals surface area contributed by atoms with Gasteiger partial charge in [0.15, 0.2) is 0 Å². The highest BCUT2D eigenvalue weighted by Gasteiger charge is 2.20. The summed E-state index contributed by atoms with van der Waals surface area (Å²) in [6.07, 6.45) is 3.31. The molecule has 0 spiro atoms. The molecule has 2 aromatic carbocycles. The van der Waals surface area contributed by atoms with Crippen molar-refractivity contribution >= 4 is 22.3 Å². The molecule has 5 aromatic rings. The van der Waals surface area contributed by atoms with Gasteiger partial charge in [0.2, 0.25) is 5.69 Å². The molecule has 7 nitrogen and oxygen atoms in total. The minimum absolute atomic E-state index is 0.122. The van der Waals surface area contributed by atoms with Crippen LogP contribution in [-0.4, -0.2) is 19.5 Å². The number of anilines is 1. The zero-order valence-electron chi connectivity index (χ0n) is 20.2. The highest BCUT2D eigenvalue weighted by molar-refractivity contribution is 5.96. The van der Waals surface area contributed by atoms with Crippen molar-refractivity contribution in [3.05, 3.63) is 118 Å². The number of hydrogen-bond acceptors (Lipinski definition) is 5. The lowest BCUT2D eigenvalue weighted by atomic mass is 9.98. The van der Waals surface area contributed by atoms with Crippen LogP contribution in [0.5, 0.6) is 0 Å². The number of nitrogens with zero attached hydrogens (tertiary/aromatic N) is 5. The number of para-hydroxylation sites is 1. The van der Waals surface area contributed by atoms with Crippen molar-refractivity contribution in [2.75, 3.05) is 5.32 Å². The van der Waals surface area contributed by atoms with Gasteiger partial charge >= 0.3 is 0 Å². The molecule has 1 atom stereocenters. The lowest BCUT2D eigenvalue weighted by molar-refractivity contribution is 0.772. The second-order valence-corrected chi connectivity index (χ2v) is 8.63. The molecule has 5 rings (SSSR count). The number of aromatic nitrogens is 4. The predicted molar refractivity (Wildman–Crippen MR) is 143 cm³/mol. The Labute approximate surface area is 209 Å². The zero-order chi connectivity index (χ0) is 25.2. The van der Waals surface area contributed by atoms with Gasteiger partial charge in [0.25, 0.3) is 5.56 Å². The van der Waals surface area contributed by atoms with Crippen LogP contribution in [0.25, 0.3) is 32.4 Å². The summed E-state index contributed by atoms with van der Waals surface area (Å²) in [6.45, 7) is 13.2. The van der Waals surface area contributed by atoms with Crippen molar-refractivity contribution in [3.63, 3.8) is 0 Å². The second kappa shape index (κ2) is 9.43. The van der Waals surface area contributed by atoms with E-state index in [1.165, 1.54) is 6.20 Å². The van der Waals surface area contributed by atoms with E-state index in [-0.39, 0.29) is 11.6 Å². The largest absolute Gasteiger partial charge is 0.371 e. The van der Waals surface area contributed by atoms with Crippen molar-refractivity contribution in [3.8, 4) is 16.8 Å². The van der Waals surface area contributed by atoms with Crippen LogP contribution in [-0.2, 0) is 0 Å². The van der Waals surface area contributed by atoms with Gasteiger partial charge in [-0.3, -0.25) is 19.3 Å². The summed E-state index contributed by atoms with van der Waals surface area (Å²) in [7, 11) is 0. The quantitative estimate of drug-likeness (QED) is 0.309. The van der Waals surface area contributed by atoms with E-state index in [9.17, 15) is 4.79 Å². The third-order valence-corrected chi connectivity index (χ3v) is 6.12. The summed E-state index contributed by atoms with van der Waals surface area (Å²) in [5.41, 5.74) is 4.36. The molecule has 0 saturated carbocycles. The molecule has 0 unspecified atom stereocenters. The van der Waals surface area contributed by atoms with Gasteiger partial charge in [0.05, 0.1) is 18.0 Å². The molecular formula is C29H24N6O. The maximum atomic E-state index is 14.2. The van der Waals surface area contributed by atoms with E-state index < -0.39 is 0 Å². The van der Waals surface area contributed by atoms with Crippen LogP contribution < -0.4 is 10.9 Å². The topological polar surface area (TPSA) is 77.1 Å². The van der Waals surface area contributed by atoms with Gasteiger partial charge in [-0.2, -0.15) is 0 Å². The van der Waals surface area contributed by atoms with Crippen LogP contribution in [0.4, 0.5) is 11.5 Å². The Hall–Kier alpha value is -4.83. The van der Waals surface area contributed by atoms with Crippen molar-refractivity contribution in [2.24, 2.45) is 0 Å². The van der Waals surface area contributed by atoms with Gasteiger partial charge < -0.3 is 5.32 Å². The van der Waals surface area contributed by atoms with Crippen LogP contribution >= 0.6 is 0 Å². The maximum absolute atomic E-state index is 14.2. The monoisotopic (exact) mass is 472 g/mol. The highest BCUT2D eigenvalue weighted by Crippen LogP contribution is 2.31. The number of aryl methyl sites for hydroxylation is 2. The van der Waals surface area contributed by atoms with Crippen LogP contribution in [0.3, 0.4) is 0 Å². The van der Waals surface area contributed by atoms with E-state index in [0.29, 0.717) is 22.7 Å². The second-order valence-electron chi connectivity index (χ2n) is 8.63. The van der Waals surface area contributed by atoms with Crippen molar-refractivity contribution in [2.45, 2.75) is 26.8 Å². The predicted octanol–water partition coefficient (Wildman–Crippen LogP) is 6.18. The first-order valence-electron chi connectivity index (χ1n) is 11.6. The van der Waals surface area contributed by atoms with E-state index in [0.717, 1.165) is 33.6 Å². The molecule has 0 aliphatic carbocycles. The van der Waals surface area contributed by atoms with E-state index in [4.69, 9.17) is 6.57 Å². The molecular weight excluding hydrogens is 448 g/mol. The van der Waals surface area contributed by atoms with Crippen LogP contribution in [0.2, 0.25) is 0 Å². The van der Waals surface area contributed by atoms with E-state index in [1.54, 1.807) is 17.7 Å². The average molecular weight is 473 g/mol. The van der Waals surface area contributed by atoms with E-state index in [1.807, 2.05) is 80.6 Å². The first-order valence-corrected chi connectivity index (χ1v) is 11.6. The fourth-order valence-electron chi connectivity index (χ4n) is 4.34. The fraction of sp³-hybridized carbons (Fsp3) is 0.138. The maximum Gasteiger partial charge on any atom is 0.263 e. The smallest absolute Gasteiger partial charge is 0.263 e. The van der Waals surface area contributed by atoms with Crippen molar-refractivity contribution in [1.82, 2.24) is 19.5 Å². The zero-order valence-corrected chi connectivity index (χ0v) is 20.2. The molecule has 0 aliphatic heterocycles. The van der Waals surface area contributed by atoms with Gasteiger partial charge in [-0.05, 0) is 56.0 Å². The molecule has 3 heterocycles. The fourth-order valence-corrected chi connectivity index (χ4v) is 4.34. The van der Waals surface area contributed by atoms with Crippen LogP contribution in [0.1, 0.15) is 30.2 Å². The number of nitrogens with one attached hydrogen (secondary N) is 1. The molecule has 0 aliphatic rings. The number of hydrogen-bond donors (Lipinski definition) is 1. The normalized spacial score (nSPS) is 11.7. The summed E-state index contributed by atoms with van der Waals surface area (Å²) in [6, 6.07) is 21.1. The summed E-state index contributed by atoms with van der Waals surface area (Å²) in [5, 5.41) is 4.80. The molecule has 36 heavy (non-hydrogen) atoms. The summed E-state index contributed by atoms with van der Waals surface area (Å²) < 4.78 is 1.73. The first kappa shape index (κ1) is 22.9. The number of fused-ring (bicyclic) bond motifs is 1. The number of rotatable bonds is 5. The van der Waals surface area contributed by atoms with Gasteiger partial charge in [-0.25, -0.2) is 9.83 Å². The van der Waals surface area contributed by atoms with Gasteiger partial charge in [-0.1, -0.05) is 42.5 Å². The third-order valence-electron chi connectivity index (χ3n) is 6.12. The Morgan fingerprint density at radius 3 is 2.50 bits per heavy atom. The molecule has 3 aromatic heterocycles. The lowest BCUT2D eigenvalue weighted by Crippen LogP contribution is -2.26.